The fraction of sp³-hybridized carbons (Fsp3) is 0.667. The smallest absolute Gasteiger partial charge is 0.0574 e. The number of nitrogens with zero attached hydrogens (tertiary/aromatic N) is 3. The topological polar surface area (TPSA) is 31.4 Å². The lowest BCUT2D eigenvalue weighted by Gasteiger charge is -2.26. The van der Waals surface area contributed by atoms with Crippen LogP contribution in [0.15, 0.2) is 18.5 Å². The van der Waals surface area contributed by atoms with Crippen molar-refractivity contribution in [2.45, 2.75) is 33.2 Å². The minimum Gasteiger partial charge on any atom is -0.384 e. The minimum absolute atomic E-state index is 0.692. The van der Waals surface area contributed by atoms with Crippen LogP contribution in [-0.2, 0) is 0 Å². The molecule has 2 rings (SSSR count). The van der Waals surface area contributed by atoms with Gasteiger partial charge in [-0.25, -0.2) is 0 Å². The van der Waals surface area contributed by atoms with E-state index in [4.69, 9.17) is 0 Å². The second kappa shape index (κ2) is 6.75. The van der Waals surface area contributed by atoms with Gasteiger partial charge in [0.05, 0.1) is 23.8 Å². The molecule has 0 spiro atoms. The van der Waals surface area contributed by atoms with Crippen molar-refractivity contribution in [2.24, 2.45) is 0 Å². The lowest BCUT2D eigenvalue weighted by atomic mass is 10.2. The molecule has 1 aliphatic heterocycles. The summed E-state index contributed by atoms with van der Waals surface area (Å²) in [7, 11) is 0. The lowest BCUT2D eigenvalue weighted by molar-refractivity contribution is 0.232. The monoisotopic (exact) mass is 262 g/mol. The van der Waals surface area contributed by atoms with Gasteiger partial charge in [-0.15, -0.1) is 0 Å². The average molecular weight is 262 g/mol. The van der Waals surface area contributed by atoms with Gasteiger partial charge < -0.3 is 10.2 Å². The fourth-order valence-corrected chi connectivity index (χ4v) is 2.92. The van der Waals surface area contributed by atoms with Crippen molar-refractivity contribution in [2.75, 3.05) is 42.9 Å². The highest BCUT2D eigenvalue weighted by molar-refractivity contribution is 5.56. The van der Waals surface area contributed by atoms with Crippen LogP contribution in [0, 0.1) is 0 Å². The number of nitrogens with one attached hydrogen (secondary N) is 1. The quantitative estimate of drug-likeness (QED) is 0.853. The van der Waals surface area contributed by atoms with Gasteiger partial charge in [-0.3, -0.25) is 9.88 Å². The minimum atomic E-state index is 0.692. The van der Waals surface area contributed by atoms with Gasteiger partial charge in [-0.05, 0) is 32.5 Å². The van der Waals surface area contributed by atoms with Crippen LogP contribution in [-0.4, -0.2) is 48.6 Å². The first-order valence-electron chi connectivity index (χ1n) is 7.46. The number of rotatable bonds is 6. The Morgan fingerprint density at radius 3 is 2.79 bits per heavy atom. The molecule has 0 radical (unpaired) electrons. The Morgan fingerprint density at radius 1 is 1.32 bits per heavy atom. The second-order valence-corrected chi connectivity index (χ2v) is 5.07. The van der Waals surface area contributed by atoms with Crippen LogP contribution in [0.4, 0.5) is 11.4 Å². The van der Waals surface area contributed by atoms with E-state index in [1.54, 1.807) is 0 Å². The first-order valence-corrected chi connectivity index (χ1v) is 7.46. The maximum absolute atomic E-state index is 4.34. The van der Waals surface area contributed by atoms with E-state index in [1.165, 1.54) is 12.1 Å². The molecule has 0 aliphatic carbocycles. The molecule has 0 bridgehead atoms. The molecule has 1 saturated heterocycles. The van der Waals surface area contributed by atoms with Gasteiger partial charge in [-0.2, -0.15) is 0 Å². The van der Waals surface area contributed by atoms with E-state index in [1.807, 2.05) is 12.4 Å². The number of aromatic nitrogens is 1. The molecule has 1 unspecified atom stereocenters. The van der Waals surface area contributed by atoms with Gasteiger partial charge in [0.15, 0.2) is 0 Å². The first kappa shape index (κ1) is 14.1. The summed E-state index contributed by atoms with van der Waals surface area (Å²) in [5.74, 6) is 0. The third kappa shape index (κ3) is 3.38. The van der Waals surface area contributed by atoms with Crippen molar-refractivity contribution in [1.29, 1.82) is 0 Å². The van der Waals surface area contributed by atoms with Crippen molar-refractivity contribution in [1.82, 2.24) is 9.88 Å². The Morgan fingerprint density at radius 2 is 2.11 bits per heavy atom. The molecule has 0 amide bonds. The summed E-state index contributed by atoms with van der Waals surface area (Å²) in [4.78, 5) is 9.35. The fourth-order valence-electron chi connectivity index (χ4n) is 2.92. The van der Waals surface area contributed by atoms with E-state index in [2.05, 4.69) is 46.9 Å². The number of likely N-dealkylation sites (N-methyl/N-ethyl adjacent to an activating group) is 1. The van der Waals surface area contributed by atoms with Crippen LogP contribution >= 0.6 is 0 Å². The number of hydrogen-bond acceptors (Lipinski definition) is 4. The third-order valence-corrected chi connectivity index (χ3v) is 3.96. The summed E-state index contributed by atoms with van der Waals surface area (Å²) >= 11 is 0. The van der Waals surface area contributed by atoms with Crippen molar-refractivity contribution >= 4 is 11.4 Å². The Kier molecular flexibility index (Phi) is 5.02. The average Bonchev–Trinajstić information content (AvgIpc) is 2.91. The number of hydrogen-bond donors (Lipinski definition) is 1. The highest BCUT2D eigenvalue weighted by atomic mass is 15.3. The summed E-state index contributed by atoms with van der Waals surface area (Å²) in [6, 6.07) is 2.90. The van der Waals surface area contributed by atoms with E-state index < -0.39 is 0 Å². The Hall–Kier alpha value is -1.29. The zero-order valence-electron chi connectivity index (χ0n) is 12.4. The third-order valence-electron chi connectivity index (χ3n) is 3.96. The molecule has 19 heavy (non-hydrogen) atoms. The second-order valence-electron chi connectivity index (χ2n) is 5.07. The zero-order valence-corrected chi connectivity index (χ0v) is 12.4. The molecule has 1 aromatic rings. The normalized spacial score (nSPS) is 19.2. The van der Waals surface area contributed by atoms with Crippen LogP contribution in [0.25, 0.3) is 0 Å². The maximum atomic E-state index is 4.34. The predicted octanol–water partition coefficient (Wildman–Crippen LogP) is 2.43. The number of anilines is 2. The molecule has 2 heterocycles. The Bertz CT molecular complexity index is 389. The standard InChI is InChI=1S/C15H26N4/c1-4-17-13-9-15(11-16-10-13)19-8-7-14(12-19)18(5-2)6-3/h9-11,14,17H,4-8,12H2,1-3H3. The molecule has 4 nitrogen and oxygen atoms in total. The van der Waals surface area contributed by atoms with Gasteiger partial charge >= 0.3 is 0 Å². The highest BCUT2D eigenvalue weighted by Crippen LogP contribution is 2.24. The van der Waals surface area contributed by atoms with Crippen molar-refractivity contribution in [3.63, 3.8) is 0 Å². The van der Waals surface area contributed by atoms with E-state index in [9.17, 15) is 0 Å². The molecule has 1 aliphatic rings. The van der Waals surface area contributed by atoms with Gasteiger partial charge in [0.2, 0.25) is 0 Å². The molecular formula is C15H26N4. The van der Waals surface area contributed by atoms with Crippen LogP contribution in [0.2, 0.25) is 0 Å². The zero-order chi connectivity index (χ0) is 13.7. The summed E-state index contributed by atoms with van der Waals surface area (Å²) < 4.78 is 0. The summed E-state index contributed by atoms with van der Waals surface area (Å²) in [5, 5.41) is 3.33. The van der Waals surface area contributed by atoms with Gasteiger partial charge in [0.25, 0.3) is 0 Å². The molecular weight excluding hydrogens is 236 g/mol. The van der Waals surface area contributed by atoms with Gasteiger partial charge in [0, 0.05) is 25.7 Å². The van der Waals surface area contributed by atoms with Crippen LogP contribution in [0.5, 0.6) is 0 Å². The number of pyridine rings is 1. The maximum Gasteiger partial charge on any atom is 0.0574 e. The van der Waals surface area contributed by atoms with Crippen LogP contribution in [0.1, 0.15) is 27.2 Å². The van der Waals surface area contributed by atoms with Gasteiger partial charge in [-0.1, -0.05) is 13.8 Å². The van der Waals surface area contributed by atoms with Crippen molar-refractivity contribution in [3.8, 4) is 0 Å². The molecule has 1 N–H and O–H groups in total. The predicted molar refractivity (Wildman–Crippen MR) is 81.9 cm³/mol. The van der Waals surface area contributed by atoms with E-state index in [0.29, 0.717) is 6.04 Å². The van der Waals surface area contributed by atoms with Crippen LogP contribution in [0.3, 0.4) is 0 Å². The lowest BCUT2D eigenvalue weighted by Crippen LogP contribution is -2.37. The Labute approximate surface area is 116 Å². The van der Waals surface area contributed by atoms with Crippen LogP contribution < -0.4 is 10.2 Å². The largest absolute Gasteiger partial charge is 0.384 e. The van der Waals surface area contributed by atoms with E-state index in [0.717, 1.165) is 38.4 Å². The molecule has 0 aromatic carbocycles. The van der Waals surface area contributed by atoms with Gasteiger partial charge in [0.1, 0.15) is 0 Å². The van der Waals surface area contributed by atoms with E-state index >= 15 is 0 Å². The highest BCUT2D eigenvalue weighted by Gasteiger charge is 2.26. The first-order chi connectivity index (χ1) is 9.28. The molecule has 4 heteroatoms. The summed E-state index contributed by atoms with van der Waals surface area (Å²) in [6.07, 6.45) is 5.13. The van der Waals surface area contributed by atoms with Crippen molar-refractivity contribution < 1.29 is 0 Å². The molecule has 106 valence electrons. The SMILES string of the molecule is CCNc1cncc(N2CCC(N(CC)CC)C2)c1. The van der Waals surface area contributed by atoms with Crippen molar-refractivity contribution in [3.05, 3.63) is 18.5 Å². The molecule has 1 fully saturated rings. The summed E-state index contributed by atoms with van der Waals surface area (Å²) in [5.41, 5.74) is 2.36. The molecule has 1 atom stereocenters. The Balaban J connectivity index is 2.02. The van der Waals surface area contributed by atoms with E-state index in [-0.39, 0.29) is 0 Å². The summed E-state index contributed by atoms with van der Waals surface area (Å²) in [6.45, 7) is 12.1. The molecule has 1 aromatic heterocycles. The molecule has 0 saturated carbocycles.